The zero-order valence-corrected chi connectivity index (χ0v) is 8.73. The highest BCUT2D eigenvalue weighted by Crippen LogP contribution is 2.30. The van der Waals surface area contributed by atoms with Crippen LogP contribution < -0.4 is 0 Å². The van der Waals surface area contributed by atoms with Crippen LogP contribution in [0.25, 0.3) is 0 Å². The van der Waals surface area contributed by atoms with Gasteiger partial charge in [-0.15, -0.1) is 0 Å². The van der Waals surface area contributed by atoms with Crippen LogP contribution in [0.15, 0.2) is 0 Å². The standard InChI is InChI=1S/C9H18O2S/c1-3-8(2)6-12(10,11)7-9-4-5-9/h8-9H,3-7H2,1-2H3/t8-/m0/s1. The average Bonchev–Trinajstić information content (AvgIpc) is 2.69. The number of sulfone groups is 1. The Labute approximate surface area is 75.3 Å². The van der Waals surface area contributed by atoms with E-state index >= 15 is 0 Å². The second-order valence-corrected chi connectivity index (χ2v) is 6.19. The first-order chi connectivity index (χ1) is 5.53. The fraction of sp³-hybridized carbons (Fsp3) is 1.00. The molecule has 0 radical (unpaired) electrons. The molecule has 0 amide bonds. The van der Waals surface area contributed by atoms with Gasteiger partial charge in [-0.25, -0.2) is 8.42 Å². The van der Waals surface area contributed by atoms with Crippen LogP contribution >= 0.6 is 0 Å². The molecular weight excluding hydrogens is 172 g/mol. The van der Waals surface area contributed by atoms with Gasteiger partial charge in [-0.2, -0.15) is 0 Å². The third-order valence-electron chi connectivity index (χ3n) is 2.42. The number of rotatable bonds is 5. The predicted molar refractivity (Wildman–Crippen MR) is 50.8 cm³/mol. The van der Waals surface area contributed by atoms with Crippen LogP contribution in [-0.4, -0.2) is 19.9 Å². The molecule has 0 aromatic rings. The van der Waals surface area contributed by atoms with Crippen LogP contribution in [0.5, 0.6) is 0 Å². The Morgan fingerprint density at radius 1 is 1.42 bits per heavy atom. The van der Waals surface area contributed by atoms with E-state index in [9.17, 15) is 8.42 Å². The first kappa shape index (κ1) is 10.0. The van der Waals surface area contributed by atoms with Gasteiger partial charge in [0.2, 0.25) is 0 Å². The minimum atomic E-state index is -2.73. The smallest absolute Gasteiger partial charge is 0.150 e. The third kappa shape index (κ3) is 3.57. The van der Waals surface area contributed by atoms with Crippen molar-refractivity contribution >= 4 is 9.84 Å². The van der Waals surface area contributed by atoms with Gasteiger partial charge >= 0.3 is 0 Å². The molecule has 12 heavy (non-hydrogen) atoms. The van der Waals surface area contributed by atoms with Crippen molar-refractivity contribution in [1.82, 2.24) is 0 Å². The van der Waals surface area contributed by atoms with Gasteiger partial charge in [0.25, 0.3) is 0 Å². The lowest BCUT2D eigenvalue weighted by atomic mass is 10.2. The lowest BCUT2D eigenvalue weighted by Crippen LogP contribution is -2.17. The molecule has 0 spiro atoms. The lowest BCUT2D eigenvalue weighted by molar-refractivity contribution is 0.561. The monoisotopic (exact) mass is 190 g/mol. The van der Waals surface area contributed by atoms with E-state index in [-0.39, 0.29) is 0 Å². The summed E-state index contributed by atoms with van der Waals surface area (Å²) in [4.78, 5) is 0. The van der Waals surface area contributed by atoms with Gasteiger partial charge in [0, 0.05) is 0 Å². The highest BCUT2D eigenvalue weighted by molar-refractivity contribution is 7.91. The summed E-state index contributed by atoms with van der Waals surface area (Å²) in [6.07, 6.45) is 3.21. The molecule has 0 unspecified atom stereocenters. The fourth-order valence-electron chi connectivity index (χ4n) is 1.26. The molecule has 72 valence electrons. The fourth-order valence-corrected chi connectivity index (χ4v) is 3.55. The van der Waals surface area contributed by atoms with Crippen molar-refractivity contribution in [2.24, 2.45) is 11.8 Å². The molecule has 0 aliphatic heterocycles. The van der Waals surface area contributed by atoms with Crippen molar-refractivity contribution in [3.8, 4) is 0 Å². The summed E-state index contributed by atoms with van der Waals surface area (Å²) in [6.45, 7) is 4.04. The summed E-state index contributed by atoms with van der Waals surface area (Å²) in [5.41, 5.74) is 0. The Balaban J connectivity index is 2.36. The molecule has 0 aromatic heterocycles. The number of hydrogen-bond donors (Lipinski definition) is 0. The Hall–Kier alpha value is -0.0500. The molecule has 2 nitrogen and oxygen atoms in total. The minimum Gasteiger partial charge on any atom is -0.229 e. The van der Waals surface area contributed by atoms with E-state index in [2.05, 4.69) is 0 Å². The summed E-state index contributed by atoms with van der Waals surface area (Å²) in [6, 6.07) is 0. The molecule has 0 heterocycles. The van der Waals surface area contributed by atoms with Crippen LogP contribution in [0.1, 0.15) is 33.1 Å². The second-order valence-electron chi connectivity index (χ2n) is 4.03. The molecule has 1 atom stereocenters. The van der Waals surface area contributed by atoms with Crippen LogP contribution in [0.3, 0.4) is 0 Å². The molecule has 1 saturated carbocycles. The average molecular weight is 190 g/mol. The van der Waals surface area contributed by atoms with Gasteiger partial charge in [-0.1, -0.05) is 20.3 Å². The van der Waals surface area contributed by atoms with Crippen LogP contribution in [0.4, 0.5) is 0 Å². The topological polar surface area (TPSA) is 34.1 Å². The SMILES string of the molecule is CC[C@H](C)CS(=O)(=O)CC1CC1. The molecule has 0 saturated heterocycles. The zero-order chi connectivity index (χ0) is 9.19. The van der Waals surface area contributed by atoms with Crippen LogP contribution in [-0.2, 0) is 9.84 Å². The van der Waals surface area contributed by atoms with Gasteiger partial charge in [-0.3, -0.25) is 0 Å². The first-order valence-corrected chi connectivity index (χ1v) is 6.56. The van der Waals surface area contributed by atoms with Gasteiger partial charge in [0.1, 0.15) is 0 Å². The normalized spacial score (nSPS) is 20.8. The Morgan fingerprint density at radius 2 is 2.00 bits per heavy atom. The van der Waals surface area contributed by atoms with E-state index in [0.29, 0.717) is 23.3 Å². The Morgan fingerprint density at radius 3 is 2.42 bits per heavy atom. The molecule has 1 aliphatic rings. The maximum atomic E-state index is 11.5. The van der Waals surface area contributed by atoms with Gasteiger partial charge in [0.15, 0.2) is 9.84 Å². The van der Waals surface area contributed by atoms with Crippen molar-refractivity contribution < 1.29 is 8.42 Å². The molecule has 1 aliphatic carbocycles. The summed E-state index contributed by atoms with van der Waals surface area (Å²) < 4.78 is 22.9. The Kier molecular flexibility index (Phi) is 3.16. The lowest BCUT2D eigenvalue weighted by Gasteiger charge is -2.08. The van der Waals surface area contributed by atoms with Gasteiger partial charge in [-0.05, 0) is 24.7 Å². The van der Waals surface area contributed by atoms with Crippen LogP contribution in [0.2, 0.25) is 0 Å². The molecule has 0 aromatic carbocycles. The molecule has 3 heteroatoms. The van der Waals surface area contributed by atoms with Crippen molar-refractivity contribution in [1.29, 1.82) is 0 Å². The summed E-state index contributed by atoms with van der Waals surface area (Å²) in [5.74, 6) is 1.66. The molecular formula is C9H18O2S. The maximum absolute atomic E-state index is 11.5. The van der Waals surface area contributed by atoms with Gasteiger partial charge < -0.3 is 0 Å². The third-order valence-corrected chi connectivity index (χ3v) is 4.48. The molecule has 1 fully saturated rings. The van der Waals surface area contributed by atoms with E-state index in [0.717, 1.165) is 19.3 Å². The van der Waals surface area contributed by atoms with Crippen molar-refractivity contribution in [3.63, 3.8) is 0 Å². The molecule has 1 rings (SSSR count). The summed E-state index contributed by atoms with van der Waals surface area (Å²) in [5, 5.41) is 0. The minimum absolute atomic E-state index is 0.328. The highest BCUT2D eigenvalue weighted by atomic mass is 32.2. The highest BCUT2D eigenvalue weighted by Gasteiger charge is 2.28. The predicted octanol–water partition coefficient (Wildman–Crippen LogP) is 1.86. The van der Waals surface area contributed by atoms with E-state index in [1.807, 2.05) is 13.8 Å². The van der Waals surface area contributed by atoms with E-state index in [1.165, 1.54) is 0 Å². The maximum Gasteiger partial charge on any atom is 0.150 e. The summed E-state index contributed by atoms with van der Waals surface area (Å²) in [7, 11) is -2.73. The zero-order valence-electron chi connectivity index (χ0n) is 7.91. The van der Waals surface area contributed by atoms with Crippen molar-refractivity contribution in [3.05, 3.63) is 0 Å². The van der Waals surface area contributed by atoms with Gasteiger partial charge in [0.05, 0.1) is 11.5 Å². The first-order valence-electron chi connectivity index (χ1n) is 4.74. The molecule has 0 N–H and O–H groups in total. The van der Waals surface area contributed by atoms with Crippen molar-refractivity contribution in [2.75, 3.05) is 11.5 Å². The van der Waals surface area contributed by atoms with Crippen LogP contribution in [0, 0.1) is 11.8 Å². The van der Waals surface area contributed by atoms with E-state index < -0.39 is 9.84 Å². The second kappa shape index (κ2) is 3.77. The number of hydrogen-bond acceptors (Lipinski definition) is 2. The molecule has 0 bridgehead atoms. The summed E-state index contributed by atoms with van der Waals surface area (Å²) >= 11 is 0. The largest absolute Gasteiger partial charge is 0.229 e. The van der Waals surface area contributed by atoms with E-state index in [4.69, 9.17) is 0 Å². The quantitative estimate of drug-likeness (QED) is 0.663. The van der Waals surface area contributed by atoms with Crippen molar-refractivity contribution in [2.45, 2.75) is 33.1 Å². The Bertz CT molecular complexity index is 227. The van der Waals surface area contributed by atoms with E-state index in [1.54, 1.807) is 0 Å².